The topological polar surface area (TPSA) is 112 Å². The molecule has 0 spiro atoms. The molecule has 0 saturated heterocycles. The number of aliphatic carboxylic acids is 1. The molecule has 1 atom stereocenters. The number of hydrogen-bond donors (Lipinski definition) is 3. The molecule has 0 rings (SSSR count). The maximum atomic E-state index is 10.4. The summed E-state index contributed by atoms with van der Waals surface area (Å²) in [5, 5.41) is 17.4. The second-order valence-corrected chi connectivity index (χ2v) is 3.78. The molecule has 0 aromatic carbocycles. The van der Waals surface area contributed by atoms with Crippen molar-refractivity contribution in [1.29, 1.82) is 0 Å². The van der Waals surface area contributed by atoms with E-state index in [1.807, 2.05) is 0 Å². The van der Waals surface area contributed by atoms with Crippen molar-refractivity contribution in [1.82, 2.24) is 0 Å². The molecule has 0 amide bonds. The molecule has 0 bridgehead atoms. The van der Waals surface area contributed by atoms with E-state index < -0.39 is 27.8 Å². The minimum absolute atomic E-state index is 0.210. The molecule has 0 aliphatic heterocycles. The first-order valence-corrected chi connectivity index (χ1v) is 4.82. The highest BCUT2D eigenvalue weighted by Gasteiger charge is 2.14. The minimum atomic E-state index is -4.47. The van der Waals surface area contributed by atoms with Gasteiger partial charge in [0, 0.05) is 6.42 Å². The second-order valence-electron chi connectivity index (χ2n) is 2.52. The van der Waals surface area contributed by atoms with Gasteiger partial charge in [-0.25, -0.2) is 4.79 Å². The first-order valence-electron chi connectivity index (χ1n) is 3.32. The SMILES string of the molecule is CC(O)CC(=CS(=O)(=O)O)C(=O)O. The van der Waals surface area contributed by atoms with Gasteiger partial charge in [-0.15, -0.1) is 0 Å². The normalized spacial score (nSPS) is 15.5. The van der Waals surface area contributed by atoms with E-state index in [1.54, 1.807) is 0 Å². The molecule has 0 radical (unpaired) electrons. The van der Waals surface area contributed by atoms with Gasteiger partial charge in [-0.1, -0.05) is 0 Å². The van der Waals surface area contributed by atoms with Crippen LogP contribution in [0.2, 0.25) is 0 Å². The van der Waals surface area contributed by atoms with Crippen LogP contribution in [-0.4, -0.2) is 35.3 Å². The van der Waals surface area contributed by atoms with E-state index in [1.165, 1.54) is 6.92 Å². The molecular weight excluding hydrogens is 200 g/mol. The van der Waals surface area contributed by atoms with Crippen LogP contribution < -0.4 is 0 Å². The Bertz CT molecular complexity index is 312. The standard InChI is InChI=1S/C6H10O6S/c1-4(7)2-5(6(8)9)3-13(10,11)12/h3-4,7H,2H2,1H3,(H,8,9)(H,10,11,12). The molecule has 0 aromatic heterocycles. The predicted octanol–water partition coefficient (Wildman–Crippen LogP) is -0.386. The average Bonchev–Trinajstić information content (AvgIpc) is 1.81. The molecule has 0 aliphatic rings. The molecule has 1 unspecified atom stereocenters. The van der Waals surface area contributed by atoms with E-state index in [0.29, 0.717) is 0 Å². The number of aliphatic hydroxyl groups excluding tert-OH is 1. The van der Waals surface area contributed by atoms with Gasteiger partial charge in [0.25, 0.3) is 10.1 Å². The van der Waals surface area contributed by atoms with E-state index >= 15 is 0 Å². The molecule has 76 valence electrons. The summed E-state index contributed by atoms with van der Waals surface area (Å²) in [5.74, 6) is -1.49. The van der Waals surface area contributed by atoms with Gasteiger partial charge >= 0.3 is 5.97 Å². The Kier molecular flexibility index (Phi) is 4.05. The lowest BCUT2D eigenvalue weighted by molar-refractivity contribution is -0.133. The van der Waals surface area contributed by atoms with Crippen LogP contribution in [0.25, 0.3) is 0 Å². The molecule has 7 heteroatoms. The van der Waals surface area contributed by atoms with Crippen molar-refractivity contribution >= 4 is 16.1 Å². The zero-order chi connectivity index (χ0) is 10.6. The van der Waals surface area contributed by atoms with E-state index in [9.17, 15) is 13.2 Å². The molecule has 0 fully saturated rings. The van der Waals surface area contributed by atoms with Crippen molar-refractivity contribution in [3.8, 4) is 0 Å². The van der Waals surface area contributed by atoms with Crippen molar-refractivity contribution in [2.24, 2.45) is 0 Å². The second kappa shape index (κ2) is 4.35. The monoisotopic (exact) mass is 210 g/mol. The summed E-state index contributed by atoms with van der Waals surface area (Å²) in [6.45, 7) is 1.31. The van der Waals surface area contributed by atoms with Crippen molar-refractivity contribution in [2.75, 3.05) is 0 Å². The summed E-state index contributed by atoms with van der Waals surface area (Å²) < 4.78 is 28.8. The molecule has 0 saturated carbocycles. The van der Waals surface area contributed by atoms with Crippen molar-refractivity contribution < 1.29 is 28.0 Å². The highest BCUT2D eigenvalue weighted by molar-refractivity contribution is 7.88. The van der Waals surface area contributed by atoms with E-state index in [0.717, 1.165) is 0 Å². The molecule has 6 nitrogen and oxygen atoms in total. The Morgan fingerprint density at radius 2 is 2.00 bits per heavy atom. The lowest BCUT2D eigenvalue weighted by Crippen LogP contribution is -2.10. The summed E-state index contributed by atoms with van der Waals surface area (Å²) in [7, 11) is -4.47. The fraction of sp³-hybridized carbons (Fsp3) is 0.500. The van der Waals surface area contributed by atoms with Crippen molar-refractivity contribution in [2.45, 2.75) is 19.4 Å². The maximum Gasteiger partial charge on any atom is 0.332 e. The molecule has 0 aromatic rings. The lowest BCUT2D eigenvalue weighted by Gasteiger charge is -2.03. The van der Waals surface area contributed by atoms with Crippen LogP contribution >= 0.6 is 0 Å². The zero-order valence-corrected chi connectivity index (χ0v) is 7.65. The highest BCUT2D eigenvalue weighted by Crippen LogP contribution is 2.07. The van der Waals surface area contributed by atoms with Gasteiger partial charge in [-0.2, -0.15) is 8.42 Å². The maximum absolute atomic E-state index is 10.4. The number of carboxylic acid groups (broad SMARTS) is 1. The molecule has 0 aliphatic carbocycles. The summed E-state index contributed by atoms with van der Waals surface area (Å²) in [5.41, 5.74) is -0.558. The molecule has 3 N–H and O–H groups in total. The predicted molar refractivity (Wildman–Crippen MR) is 43.6 cm³/mol. The van der Waals surface area contributed by atoms with Crippen molar-refractivity contribution in [3.63, 3.8) is 0 Å². The largest absolute Gasteiger partial charge is 0.478 e. The Labute approximate surface area is 75.3 Å². The van der Waals surface area contributed by atoms with Crippen LogP contribution in [0.1, 0.15) is 13.3 Å². The van der Waals surface area contributed by atoms with Gasteiger partial charge in [0.1, 0.15) is 0 Å². The number of rotatable bonds is 4. The number of aliphatic hydroxyl groups is 1. The average molecular weight is 210 g/mol. The Hall–Kier alpha value is -0.920. The number of carboxylic acids is 1. The van der Waals surface area contributed by atoms with E-state index in [2.05, 4.69) is 0 Å². The van der Waals surface area contributed by atoms with Crippen molar-refractivity contribution in [3.05, 3.63) is 11.0 Å². The fourth-order valence-corrected chi connectivity index (χ4v) is 1.24. The van der Waals surface area contributed by atoms with E-state index in [4.69, 9.17) is 14.8 Å². The summed E-state index contributed by atoms with van der Waals surface area (Å²) in [6, 6.07) is 0. The van der Waals surface area contributed by atoms with Crippen LogP contribution in [-0.2, 0) is 14.9 Å². The lowest BCUT2D eigenvalue weighted by atomic mass is 10.1. The van der Waals surface area contributed by atoms with Gasteiger partial charge < -0.3 is 10.2 Å². The first-order chi connectivity index (χ1) is 5.72. The van der Waals surface area contributed by atoms with Crippen LogP contribution in [0.5, 0.6) is 0 Å². The fourth-order valence-electron chi connectivity index (χ4n) is 0.684. The molecule has 13 heavy (non-hydrogen) atoms. The van der Waals surface area contributed by atoms with Crippen LogP contribution in [0.15, 0.2) is 11.0 Å². The van der Waals surface area contributed by atoms with E-state index in [-0.39, 0.29) is 11.8 Å². The van der Waals surface area contributed by atoms with Gasteiger partial charge in [0.15, 0.2) is 0 Å². The van der Waals surface area contributed by atoms with Gasteiger partial charge in [-0.05, 0) is 6.92 Å². The smallest absolute Gasteiger partial charge is 0.332 e. The molecular formula is C6H10O6S. The summed E-state index contributed by atoms with van der Waals surface area (Å²) in [6.07, 6.45) is -1.32. The third-order valence-corrected chi connectivity index (χ3v) is 1.66. The van der Waals surface area contributed by atoms with Crippen LogP contribution in [0.3, 0.4) is 0 Å². The van der Waals surface area contributed by atoms with Gasteiger partial charge in [-0.3, -0.25) is 4.55 Å². The van der Waals surface area contributed by atoms with Gasteiger partial charge in [0.05, 0.1) is 17.1 Å². The summed E-state index contributed by atoms with van der Waals surface area (Å²) >= 11 is 0. The number of hydrogen-bond acceptors (Lipinski definition) is 4. The third-order valence-electron chi connectivity index (χ3n) is 1.08. The Morgan fingerprint density at radius 3 is 2.23 bits per heavy atom. The van der Waals surface area contributed by atoms with Crippen LogP contribution in [0, 0.1) is 0 Å². The highest BCUT2D eigenvalue weighted by atomic mass is 32.2. The van der Waals surface area contributed by atoms with Gasteiger partial charge in [0.2, 0.25) is 0 Å². The Balaban J connectivity index is 4.83. The first kappa shape index (κ1) is 12.1. The minimum Gasteiger partial charge on any atom is -0.478 e. The zero-order valence-electron chi connectivity index (χ0n) is 6.84. The van der Waals surface area contributed by atoms with Crippen LogP contribution in [0.4, 0.5) is 0 Å². The molecule has 0 heterocycles. The quantitative estimate of drug-likeness (QED) is 0.430. The number of carbonyl (C=O) groups is 1. The summed E-state index contributed by atoms with van der Waals surface area (Å²) in [4.78, 5) is 10.4. The Morgan fingerprint density at radius 1 is 1.54 bits per heavy atom. The third kappa shape index (κ3) is 6.26.